The lowest BCUT2D eigenvalue weighted by Crippen LogP contribution is -2.03. The van der Waals surface area contributed by atoms with E-state index in [9.17, 15) is 4.79 Å². The zero-order chi connectivity index (χ0) is 19.8. The molecule has 0 saturated heterocycles. The third kappa shape index (κ3) is 15.9. The van der Waals surface area contributed by atoms with E-state index in [2.05, 4.69) is 52.8 Å². The minimum Gasteiger partial charge on any atom is -0.461 e. The van der Waals surface area contributed by atoms with Gasteiger partial charge in [-0.1, -0.05) is 47.4 Å². The van der Waals surface area contributed by atoms with E-state index in [0.29, 0.717) is 13.0 Å². The Morgan fingerprint density at radius 1 is 0.692 bits per heavy atom. The van der Waals surface area contributed by atoms with Crippen molar-refractivity contribution in [2.24, 2.45) is 0 Å². The van der Waals surface area contributed by atoms with E-state index in [-0.39, 0.29) is 5.97 Å². The number of carbonyl (C=O) groups is 1. The number of allylic oxidation sites excluding steroid dienone is 7. The van der Waals surface area contributed by atoms with Crippen LogP contribution in [-0.4, -0.2) is 12.6 Å². The maximum atomic E-state index is 11.3. The van der Waals surface area contributed by atoms with Gasteiger partial charge in [0, 0.05) is 6.42 Å². The van der Waals surface area contributed by atoms with E-state index in [1.54, 1.807) is 0 Å². The molecule has 0 bridgehead atoms. The van der Waals surface area contributed by atoms with Crippen molar-refractivity contribution in [1.82, 2.24) is 0 Å². The van der Waals surface area contributed by atoms with Gasteiger partial charge in [0.05, 0.1) is 0 Å². The monoisotopic (exact) mass is 360 g/mol. The zero-order valence-electron chi connectivity index (χ0n) is 18.0. The quantitative estimate of drug-likeness (QED) is 0.251. The summed E-state index contributed by atoms with van der Waals surface area (Å²) < 4.78 is 5.16. The van der Waals surface area contributed by atoms with E-state index in [1.165, 1.54) is 28.7 Å². The second-order valence-electron chi connectivity index (χ2n) is 7.48. The minimum absolute atomic E-state index is 0.100. The van der Waals surface area contributed by atoms with Gasteiger partial charge in [0.1, 0.15) is 6.61 Å². The summed E-state index contributed by atoms with van der Waals surface area (Å²) in [5.41, 5.74) is 5.64. The van der Waals surface area contributed by atoms with Crippen molar-refractivity contribution < 1.29 is 9.53 Å². The Hall–Kier alpha value is -1.57. The lowest BCUT2D eigenvalue weighted by atomic mass is 10.0. The molecule has 0 spiro atoms. The summed E-state index contributed by atoms with van der Waals surface area (Å²) in [5, 5.41) is 0. The molecule has 0 radical (unpaired) electrons. The summed E-state index contributed by atoms with van der Waals surface area (Å²) in [7, 11) is 0. The highest BCUT2D eigenvalue weighted by atomic mass is 16.5. The van der Waals surface area contributed by atoms with E-state index < -0.39 is 0 Å². The third-order valence-corrected chi connectivity index (χ3v) is 4.28. The molecule has 0 fully saturated rings. The number of carbonyl (C=O) groups excluding carboxylic acids is 1. The van der Waals surface area contributed by atoms with Crippen molar-refractivity contribution in [3.05, 3.63) is 46.6 Å². The Kier molecular flexibility index (Phi) is 14.7. The summed E-state index contributed by atoms with van der Waals surface area (Å²) in [5.74, 6) is -0.100. The lowest BCUT2D eigenvalue weighted by Gasteiger charge is -2.03. The predicted octanol–water partition coefficient (Wildman–Crippen LogP) is 7.48. The van der Waals surface area contributed by atoms with Crippen LogP contribution >= 0.6 is 0 Å². The van der Waals surface area contributed by atoms with Crippen LogP contribution in [0.15, 0.2) is 46.6 Å². The predicted molar refractivity (Wildman–Crippen MR) is 114 cm³/mol. The first-order valence-electron chi connectivity index (χ1n) is 10.1. The third-order valence-electron chi connectivity index (χ3n) is 4.28. The fourth-order valence-corrected chi connectivity index (χ4v) is 2.54. The minimum atomic E-state index is -0.100. The normalized spacial score (nSPS) is 12.9. The van der Waals surface area contributed by atoms with E-state index in [0.717, 1.165) is 38.5 Å². The molecule has 0 aromatic carbocycles. The average Bonchev–Trinajstić information content (AvgIpc) is 2.54. The van der Waals surface area contributed by atoms with Crippen LogP contribution in [0, 0.1) is 0 Å². The topological polar surface area (TPSA) is 26.3 Å². The molecule has 0 N–H and O–H groups in total. The second kappa shape index (κ2) is 15.7. The smallest absolute Gasteiger partial charge is 0.306 e. The molecule has 0 atom stereocenters. The largest absolute Gasteiger partial charge is 0.461 e. The summed E-state index contributed by atoms with van der Waals surface area (Å²) in [6.07, 6.45) is 17.1. The van der Waals surface area contributed by atoms with Crippen LogP contribution in [0.5, 0.6) is 0 Å². The van der Waals surface area contributed by atoms with Crippen LogP contribution in [0.25, 0.3) is 0 Å². The molecule has 0 saturated carbocycles. The van der Waals surface area contributed by atoms with Crippen molar-refractivity contribution in [2.45, 2.75) is 92.9 Å². The molecule has 0 amide bonds. The Morgan fingerprint density at radius 3 is 1.62 bits per heavy atom. The lowest BCUT2D eigenvalue weighted by molar-refractivity contribution is -0.142. The first kappa shape index (κ1) is 24.4. The van der Waals surface area contributed by atoms with Gasteiger partial charge in [-0.2, -0.15) is 0 Å². The summed E-state index contributed by atoms with van der Waals surface area (Å²) in [4.78, 5) is 11.3. The van der Waals surface area contributed by atoms with Gasteiger partial charge < -0.3 is 4.74 Å². The van der Waals surface area contributed by atoms with Gasteiger partial charge >= 0.3 is 5.97 Å². The number of esters is 1. The molecule has 0 rings (SSSR count). The Morgan fingerprint density at radius 2 is 1.15 bits per heavy atom. The molecule has 0 unspecified atom stereocenters. The van der Waals surface area contributed by atoms with Crippen LogP contribution in [0.4, 0.5) is 0 Å². The van der Waals surface area contributed by atoms with Crippen LogP contribution in [0.2, 0.25) is 0 Å². The fourth-order valence-electron chi connectivity index (χ4n) is 2.54. The van der Waals surface area contributed by atoms with Gasteiger partial charge in [-0.3, -0.25) is 4.79 Å². The molecule has 0 aliphatic carbocycles. The summed E-state index contributed by atoms with van der Waals surface area (Å²) in [6.45, 7) is 13.3. The molecule has 0 heterocycles. The number of rotatable bonds is 13. The van der Waals surface area contributed by atoms with Crippen molar-refractivity contribution >= 4 is 5.97 Å². The Labute approximate surface area is 162 Å². The van der Waals surface area contributed by atoms with Crippen LogP contribution in [0.1, 0.15) is 92.9 Å². The summed E-state index contributed by atoms with van der Waals surface area (Å²) >= 11 is 0. The van der Waals surface area contributed by atoms with Gasteiger partial charge in [-0.15, -0.1) is 0 Å². The van der Waals surface area contributed by atoms with Gasteiger partial charge in [0.15, 0.2) is 0 Å². The van der Waals surface area contributed by atoms with Gasteiger partial charge in [-0.05, 0) is 85.6 Å². The van der Waals surface area contributed by atoms with Gasteiger partial charge in [-0.25, -0.2) is 0 Å². The molecule has 0 aliphatic rings. The van der Waals surface area contributed by atoms with Gasteiger partial charge in [0.2, 0.25) is 0 Å². The first-order valence-corrected chi connectivity index (χ1v) is 10.1. The maximum Gasteiger partial charge on any atom is 0.306 e. The Bertz CT molecular complexity index is 514. The molecular weight excluding hydrogens is 320 g/mol. The van der Waals surface area contributed by atoms with Crippen LogP contribution in [-0.2, 0) is 9.53 Å². The average molecular weight is 361 g/mol. The molecule has 148 valence electrons. The SMILES string of the molecule is CCCC(=O)OC/C=C(\C)CC/C=C(\C)CC/C=C(\C)CCC=C(C)C. The van der Waals surface area contributed by atoms with Crippen molar-refractivity contribution in [2.75, 3.05) is 6.61 Å². The van der Waals surface area contributed by atoms with Crippen LogP contribution < -0.4 is 0 Å². The van der Waals surface area contributed by atoms with Crippen LogP contribution in [0.3, 0.4) is 0 Å². The maximum absolute atomic E-state index is 11.3. The molecular formula is C24H40O2. The molecule has 0 aromatic rings. The second-order valence-corrected chi connectivity index (χ2v) is 7.48. The zero-order valence-corrected chi connectivity index (χ0v) is 18.0. The number of hydrogen-bond acceptors (Lipinski definition) is 2. The molecule has 26 heavy (non-hydrogen) atoms. The molecule has 0 aliphatic heterocycles. The first-order chi connectivity index (χ1) is 12.3. The highest BCUT2D eigenvalue weighted by Gasteiger charge is 1.98. The highest BCUT2D eigenvalue weighted by molar-refractivity contribution is 5.69. The van der Waals surface area contributed by atoms with Crippen molar-refractivity contribution in [3.63, 3.8) is 0 Å². The number of hydrogen-bond donors (Lipinski definition) is 0. The summed E-state index contributed by atoms with van der Waals surface area (Å²) in [6, 6.07) is 0. The standard InChI is InChI=1S/C24H40O2/c1-7-11-24(25)26-19-18-23(6)17-10-16-22(5)15-9-14-21(4)13-8-12-20(2)3/h12,14,16,18H,7-11,13,15,17,19H2,1-6H3/b21-14+,22-16+,23-18+. The van der Waals surface area contributed by atoms with E-state index in [1.807, 2.05) is 13.0 Å². The van der Waals surface area contributed by atoms with Gasteiger partial charge in [0.25, 0.3) is 0 Å². The highest BCUT2D eigenvalue weighted by Crippen LogP contribution is 2.13. The van der Waals surface area contributed by atoms with E-state index >= 15 is 0 Å². The Balaban J connectivity index is 3.99. The molecule has 2 heteroatoms. The molecule has 2 nitrogen and oxygen atoms in total. The molecule has 0 aromatic heterocycles. The van der Waals surface area contributed by atoms with Crippen molar-refractivity contribution in [1.29, 1.82) is 0 Å². The van der Waals surface area contributed by atoms with E-state index in [4.69, 9.17) is 4.74 Å². The fraction of sp³-hybridized carbons (Fsp3) is 0.625. The number of ether oxygens (including phenoxy) is 1. The van der Waals surface area contributed by atoms with Crippen molar-refractivity contribution in [3.8, 4) is 0 Å².